The van der Waals surface area contributed by atoms with E-state index in [4.69, 9.17) is 28.4 Å². The third kappa shape index (κ3) is 6.60. The van der Waals surface area contributed by atoms with Crippen LogP contribution in [0.1, 0.15) is 80.2 Å². The third-order valence-electron chi connectivity index (χ3n) is 12.7. The number of benzene rings is 1. The molecular weight excluding hydrogens is 656 g/mol. The molecule has 1 aromatic carbocycles. The fourth-order valence-electron chi connectivity index (χ4n) is 10.7. The molecule has 0 amide bonds. The molecule has 11 heteroatoms. The molecule has 11 nitrogen and oxygen atoms in total. The molecule has 1 N–H and O–H groups in total. The average Bonchev–Trinajstić information content (AvgIpc) is 3.29. The van der Waals surface area contributed by atoms with E-state index in [2.05, 4.69) is 13.0 Å². The van der Waals surface area contributed by atoms with Crippen LogP contribution in [0.2, 0.25) is 0 Å². The Kier molecular flexibility index (Phi) is 10.9. The average molecular weight is 711 g/mol. The molecule has 2 fully saturated rings. The maximum atomic E-state index is 13.2. The van der Waals surface area contributed by atoms with Crippen molar-refractivity contribution in [2.45, 2.75) is 111 Å². The number of carbonyl (C=O) groups is 4. The van der Waals surface area contributed by atoms with Crippen LogP contribution in [0.15, 0.2) is 48.1 Å². The van der Waals surface area contributed by atoms with E-state index in [1.807, 2.05) is 50.3 Å². The molecule has 2 saturated carbocycles. The Morgan fingerprint density at radius 2 is 1.61 bits per heavy atom. The number of carbonyl (C=O) groups excluding carboxylic acids is 4. The van der Waals surface area contributed by atoms with E-state index >= 15 is 0 Å². The van der Waals surface area contributed by atoms with Gasteiger partial charge in [0, 0.05) is 44.9 Å². The first-order valence-corrected chi connectivity index (χ1v) is 17.9. The third-order valence-corrected chi connectivity index (χ3v) is 12.7. The van der Waals surface area contributed by atoms with Crippen LogP contribution in [-0.2, 0) is 49.3 Å². The van der Waals surface area contributed by atoms with Gasteiger partial charge in [-0.05, 0) is 80.2 Å². The first-order chi connectivity index (χ1) is 23.9. The molecule has 0 radical (unpaired) electrons. The van der Waals surface area contributed by atoms with Gasteiger partial charge in [-0.25, -0.2) is 0 Å². The largest absolute Gasteiger partial charge is 0.497 e. The van der Waals surface area contributed by atoms with E-state index < -0.39 is 87.9 Å². The molecule has 1 aliphatic heterocycles. The highest BCUT2D eigenvalue weighted by Gasteiger charge is 2.76. The fraction of sp³-hybridized carbons (Fsp3) is 0.650. The predicted molar refractivity (Wildman–Crippen MR) is 186 cm³/mol. The SMILES string of the molecule is COc1ccc(CCC2(O)C(C)=C[C@@H](OC(C)=O)[C@@]3(C)C2CC[C@]2(C)C3[C@H](OC(C)=O)[C@H](OC(C)=O)[C@@]3([C@@H](C)OC(C)=O)COCC=CC23)cc1. The Bertz CT molecular complexity index is 1570. The lowest BCUT2D eigenvalue weighted by molar-refractivity contribution is -0.304. The van der Waals surface area contributed by atoms with Crippen molar-refractivity contribution in [1.29, 1.82) is 0 Å². The van der Waals surface area contributed by atoms with Gasteiger partial charge < -0.3 is 33.5 Å². The zero-order chi connectivity index (χ0) is 37.5. The second kappa shape index (κ2) is 14.4. The number of rotatable bonds is 9. The molecule has 5 rings (SSSR count). The maximum absolute atomic E-state index is 13.2. The number of allylic oxidation sites excluding steroid dienone is 1. The summed E-state index contributed by atoms with van der Waals surface area (Å²) >= 11 is 0. The molecule has 3 aliphatic carbocycles. The quantitative estimate of drug-likeness (QED) is 0.202. The number of hydrogen-bond donors (Lipinski definition) is 1. The molecule has 4 unspecified atom stereocenters. The Balaban J connectivity index is 1.74. The Morgan fingerprint density at radius 3 is 2.20 bits per heavy atom. The zero-order valence-corrected chi connectivity index (χ0v) is 31.4. The molecule has 280 valence electrons. The summed E-state index contributed by atoms with van der Waals surface area (Å²) in [5.74, 6) is -2.96. The zero-order valence-electron chi connectivity index (χ0n) is 31.4. The molecular formula is C40H54O11. The summed E-state index contributed by atoms with van der Waals surface area (Å²) in [6.45, 7) is 13.4. The summed E-state index contributed by atoms with van der Waals surface area (Å²) in [6.07, 6.45) is 4.03. The van der Waals surface area contributed by atoms with Crippen LogP contribution >= 0.6 is 0 Å². The first kappa shape index (κ1) is 38.5. The molecule has 1 heterocycles. The van der Waals surface area contributed by atoms with Crippen LogP contribution in [0.5, 0.6) is 5.75 Å². The van der Waals surface area contributed by atoms with E-state index in [9.17, 15) is 24.3 Å². The van der Waals surface area contributed by atoms with Crippen molar-refractivity contribution in [3.05, 3.63) is 53.6 Å². The predicted octanol–water partition coefficient (Wildman–Crippen LogP) is 5.31. The van der Waals surface area contributed by atoms with Crippen LogP contribution in [0.4, 0.5) is 0 Å². The summed E-state index contributed by atoms with van der Waals surface area (Å²) in [5, 5.41) is 13.0. The molecule has 51 heavy (non-hydrogen) atoms. The number of esters is 4. The number of methoxy groups -OCH3 is 1. The highest BCUT2D eigenvalue weighted by molar-refractivity contribution is 5.68. The van der Waals surface area contributed by atoms with Gasteiger partial charge in [-0.1, -0.05) is 38.1 Å². The molecule has 0 bridgehead atoms. The van der Waals surface area contributed by atoms with Gasteiger partial charge >= 0.3 is 23.9 Å². The summed E-state index contributed by atoms with van der Waals surface area (Å²) in [5.41, 5.74) is -2.53. The Labute approximate surface area is 301 Å². The topological polar surface area (TPSA) is 144 Å². The normalized spacial score (nSPS) is 37.6. The lowest BCUT2D eigenvalue weighted by Crippen LogP contribution is -2.76. The monoisotopic (exact) mass is 710 g/mol. The smallest absolute Gasteiger partial charge is 0.303 e. The fourth-order valence-corrected chi connectivity index (χ4v) is 10.7. The van der Waals surface area contributed by atoms with Crippen molar-refractivity contribution in [1.82, 2.24) is 0 Å². The highest BCUT2D eigenvalue weighted by atomic mass is 16.6. The number of aryl methyl sites for hydroxylation is 1. The number of aliphatic hydroxyl groups is 1. The summed E-state index contributed by atoms with van der Waals surface area (Å²) < 4.78 is 36.2. The van der Waals surface area contributed by atoms with Crippen molar-refractivity contribution in [3.8, 4) is 5.75 Å². The van der Waals surface area contributed by atoms with Crippen LogP contribution < -0.4 is 4.74 Å². The Hall–Kier alpha value is -3.70. The van der Waals surface area contributed by atoms with Gasteiger partial charge in [0.25, 0.3) is 0 Å². The molecule has 1 aromatic rings. The standard InChI is InChI=1S/C40H54O11/c1-23-21-33(49-26(4)42)38(8)32(40(23,45)19-16-29-12-14-30(46-9)15-13-29)17-18-37(7)31-11-10-20-47-22-39(31,24(2)48-25(3)41)36(51-28(6)44)34(35(37)38)50-27(5)43/h10-15,21,24,31-36,45H,16-20,22H2,1-9H3/t24-,31?,32?,33-,34+,35?,36+,37+,38-,39-,40?/m1/s1. The highest BCUT2D eigenvalue weighted by Crippen LogP contribution is 2.72. The molecule has 0 saturated heterocycles. The van der Waals surface area contributed by atoms with Crippen LogP contribution in [-0.4, -0.2) is 79.3 Å². The van der Waals surface area contributed by atoms with Crippen LogP contribution in [0.3, 0.4) is 0 Å². The van der Waals surface area contributed by atoms with Crippen molar-refractivity contribution in [2.24, 2.45) is 34.0 Å². The van der Waals surface area contributed by atoms with E-state index in [0.717, 1.165) is 11.3 Å². The van der Waals surface area contributed by atoms with E-state index in [0.29, 0.717) is 31.3 Å². The van der Waals surface area contributed by atoms with Gasteiger partial charge in [0.15, 0.2) is 6.10 Å². The van der Waals surface area contributed by atoms with E-state index in [-0.39, 0.29) is 13.2 Å². The van der Waals surface area contributed by atoms with Gasteiger partial charge in [0.05, 0.1) is 31.3 Å². The maximum Gasteiger partial charge on any atom is 0.303 e. The molecule has 0 aromatic heterocycles. The van der Waals surface area contributed by atoms with Gasteiger partial charge in [-0.2, -0.15) is 0 Å². The summed E-state index contributed by atoms with van der Waals surface area (Å²) in [7, 11) is 1.62. The summed E-state index contributed by atoms with van der Waals surface area (Å²) in [6, 6.07) is 7.75. The lowest BCUT2D eigenvalue weighted by Gasteiger charge is -2.71. The van der Waals surface area contributed by atoms with Crippen molar-refractivity contribution >= 4 is 23.9 Å². The lowest BCUT2D eigenvalue weighted by atomic mass is 9.35. The minimum atomic E-state index is -1.33. The van der Waals surface area contributed by atoms with E-state index in [1.54, 1.807) is 14.0 Å². The second-order valence-electron chi connectivity index (χ2n) is 15.5. The minimum absolute atomic E-state index is 0.0511. The van der Waals surface area contributed by atoms with Gasteiger partial charge in [0.1, 0.15) is 24.1 Å². The Morgan fingerprint density at radius 1 is 0.961 bits per heavy atom. The second-order valence-corrected chi connectivity index (χ2v) is 15.5. The van der Waals surface area contributed by atoms with Crippen LogP contribution in [0.25, 0.3) is 0 Å². The molecule has 4 aliphatic rings. The van der Waals surface area contributed by atoms with E-state index in [1.165, 1.54) is 27.7 Å². The number of hydrogen-bond acceptors (Lipinski definition) is 11. The number of ether oxygens (including phenoxy) is 6. The molecule has 0 spiro atoms. The molecule has 11 atom stereocenters. The first-order valence-electron chi connectivity index (χ1n) is 17.9. The van der Waals surface area contributed by atoms with Gasteiger partial charge in [-0.15, -0.1) is 0 Å². The van der Waals surface area contributed by atoms with Crippen molar-refractivity contribution in [3.63, 3.8) is 0 Å². The van der Waals surface area contributed by atoms with Crippen LogP contribution in [0, 0.1) is 34.0 Å². The van der Waals surface area contributed by atoms with Gasteiger partial charge in [-0.3, -0.25) is 19.2 Å². The minimum Gasteiger partial charge on any atom is -0.497 e. The van der Waals surface area contributed by atoms with Crippen molar-refractivity contribution < 1.29 is 52.7 Å². The number of fused-ring (bicyclic) bond motifs is 5. The van der Waals surface area contributed by atoms with Gasteiger partial charge in [0.2, 0.25) is 0 Å². The van der Waals surface area contributed by atoms with Crippen molar-refractivity contribution in [2.75, 3.05) is 20.3 Å². The summed E-state index contributed by atoms with van der Waals surface area (Å²) in [4.78, 5) is 51.6.